The van der Waals surface area contributed by atoms with Gasteiger partial charge in [-0.25, -0.2) is 4.98 Å². The summed E-state index contributed by atoms with van der Waals surface area (Å²) in [5.41, 5.74) is 1.82. The topological polar surface area (TPSA) is 84.4 Å². The lowest BCUT2D eigenvalue weighted by molar-refractivity contribution is 0.0254. The largest absolute Gasteiger partial charge is 0.497 e. The third-order valence-electron chi connectivity index (χ3n) is 7.36. The van der Waals surface area contributed by atoms with Gasteiger partial charge >= 0.3 is 0 Å². The summed E-state index contributed by atoms with van der Waals surface area (Å²) < 4.78 is 17.1. The zero-order chi connectivity index (χ0) is 27.1. The summed E-state index contributed by atoms with van der Waals surface area (Å²) >= 11 is 0. The summed E-state index contributed by atoms with van der Waals surface area (Å²) in [6.07, 6.45) is 3.64. The van der Waals surface area contributed by atoms with Gasteiger partial charge in [-0.1, -0.05) is 18.8 Å². The lowest BCUT2D eigenvalue weighted by Gasteiger charge is -2.38. The number of carbonyl (C=O) groups excluding carboxylic acids is 1. The fourth-order valence-corrected chi connectivity index (χ4v) is 4.96. The first-order chi connectivity index (χ1) is 18.4. The van der Waals surface area contributed by atoms with Crippen molar-refractivity contribution in [1.82, 2.24) is 14.8 Å². The Labute approximate surface area is 225 Å². The van der Waals surface area contributed by atoms with E-state index >= 15 is 0 Å². The van der Waals surface area contributed by atoms with E-state index in [1.807, 2.05) is 31.2 Å². The highest BCUT2D eigenvalue weighted by atomic mass is 16.5. The smallest absolute Gasteiger partial charge is 0.259 e. The predicted octanol–water partition coefficient (Wildman–Crippen LogP) is 3.07. The molecule has 8 heteroatoms. The Kier molecular flexibility index (Phi) is 9.62. The Balaban J connectivity index is 1.58. The molecule has 3 atom stereocenters. The van der Waals surface area contributed by atoms with Gasteiger partial charge in [0.15, 0.2) is 0 Å². The number of pyridine rings is 1. The van der Waals surface area contributed by atoms with E-state index < -0.39 is 0 Å². The lowest BCUT2D eigenvalue weighted by Crippen LogP contribution is -2.50. The fourth-order valence-electron chi connectivity index (χ4n) is 4.96. The number of amides is 1. The lowest BCUT2D eigenvalue weighted by atomic mass is 9.97. The molecule has 0 aliphatic carbocycles. The first kappa shape index (κ1) is 27.9. The van der Waals surface area contributed by atoms with Gasteiger partial charge in [-0.2, -0.15) is 0 Å². The molecule has 0 spiro atoms. The van der Waals surface area contributed by atoms with Crippen LogP contribution in [-0.4, -0.2) is 91.6 Å². The first-order valence-electron chi connectivity index (χ1n) is 13.4. The summed E-state index contributed by atoms with van der Waals surface area (Å²) in [4.78, 5) is 22.2. The molecule has 2 aliphatic rings. The van der Waals surface area contributed by atoms with Crippen molar-refractivity contribution in [3.63, 3.8) is 0 Å². The number of methoxy groups -OCH3 is 1. The molecule has 1 saturated heterocycles. The Hall–Kier alpha value is -3.12. The van der Waals surface area contributed by atoms with Crippen LogP contribution in [0.3, 0.4) is 0 Å². The zero-order valence-corrected chi connectivity index (χ0v) is 22.9. The SMILES string of the molecule is COc1ccc(C#Cc2cnc3c(c2)C(=O)N([C@H](C)CO)C[C@@H](C)[C@@H](CN(C)CC2CCOCC2)O3)cc1. The minimum atomic E-state index is -0.328. The highest BCUT2D eigenvalue weighted by Gasteiger charge is 2.34. The maximum Gasteiger partial charge on any atom is 0.259 e. The van der Waals surface area contributed by atoms with Gasteiger partial charge in [0.25, 0.3) is 5.91 Å². The third-order valence-corrected chi connectivity index (χ3v) is 7.36. The molecule has 1 fully saturated rings. The molecule has 1 aromatic carbocycles. The molecule has 1 N–H and O–H groups in total. The Bertz CT molecular complexity index is 1140. The highest BCUT2D eigenvalue weighted by molar-refractivity contribution is 5.97. The van der Waals surface area contributed by atoms with E-state index in [0.717, 1.165) is 43.9 Å². The summed E-state index contributed by atoms with van der Waals surface area (Å²) in [7, 11) is 3.75. The number of benzene rings is 1. The molecule has 204 valence electrons. The maximum atomic E-state index is 13.6. The van der Waals surface area contributed by atoms with Crippen molar-refractivity contribution < 1.29 is 24.1 Å². The van der Waals surface area contributed by atoms with Crippen LogP contribution in [0.4, 0.5) is 0 Å². The number of hydrogen-bond donors (Lipinski definition) is 1. The quantitative estimate of drug-likeness (QED) is 0.561. The molecule has 38 heavy (non-hydrogen) atoms. The van der Waals surface area contributed by atoms with Crippen LogP contribution in [0.2, 0.25) is 0 Å². The molecule has 1 aromatic heterocycles. The van der Waals surface area contributed by atoms with Gasteiger partial charge in [-0.3, -0.25) is 4.79 Å². The molecule has 0 saturated carbocycles. The molecule has 2 aliphatic heterocycles. The number of carbonyl (C=O) groups is 1. The maximum absolute atomic E-state index is 13.6. The molecule has 0 unspecified atom stereocenters. The molecule has 1 amide bonds. The van der Waals surface area contributed by atoms with Crippen molar-refractivity contribution in [2.75, 3.05) is 53.6 Å². The van der Waals surface area contributed by atoms with Crippen molar-refractivity contribution in [3.8, 4) is 23.5 Å². The minimum absolute atomic E-state index is 0.0505. The van der Waals surface area contributed by atoms with Crippen molar-refractivity contribution in [1.29, 1.82) is 0 Å². The van der Waals surface area contributed by atoms with E-state index in [9.17, 15) is 9.90 Å². The Morgan fingerprint density at radius 1 is 1.18 bits per heavy atom. The van der Waals surface area contributed by atoms with Crippen molar-refractivity contribution in [2.45, 2.75) is 38.8 Å². The van der Waals surface area contributed by atoms with Gasteiger partial charge in [0.05, 0.1) is 19.8 Å². The van der Waals surface area contributed by atoms with E-state index in [1.54, 1.807) is 24.3 Å². The molecule has 3 heterocycles. The average molecular weight is 522 g/mol. The third kappa shape index (κ3) is 7.04. The highest BCUT2D eigenvalue weighted by Crippen LogP contribution is 2.28. The van der Waals surface area contributed by atoms with E-state index in [-0.39, 0.29) is 30.6 Å². The molecule has 0 radical (unpaired) electrons. The second kappa shape index (κ2) is 13.1. The molecule has 8 nitrogen and oxygen atoms in total. The van der Waals surface area contributed by atoms with E-state index in [1.165, 1.54) is 0 Å². The summed E-state index contributed by atoms with van der Waals surface area (Å²) in [5.74, 6) is 7.77. The van der Waals surface area contributed by atoms with Gasteiger partial charge in [-0.05, 0) is 63.1 Å². The van der Waals surface area contributed by atoms with E-state index in [4.69, 9.17) is 14.2 Å². The number of aromatic nitrogens is 1. The number of likely N-dealkylation sites (N-methyl/N-ethyl adjacent to an activating group) is 1. The second-order valence-corrected chi connectivity index (χ2v) is 10.5. The number of aliphatic hydroxyl groups is 1. The standard InChI is InChI=1S/C30H39N3O5/c1-21-17-33(22(2)20-34)30(35)27-15-25(6-5-23-7-9-26(36-4)10-8-23)16-31-29(27)38-28(21)19-32(3)18-24-11-13-37-14-12-24/h7-10,15-16,21-22,24,28,34H,11-14,17-20H2,1-4H3/t21-,22-,28-/m1/s1. The van der Waals surface area contributed by atoms with Crippen LogP contribution in [0.25, 0.3) is 0 Å². The Morgan fingerprint density at radius 3 is 2.58 bits per heavy atom. The van der Waals surface area contributed by atoms with Gasteiger partial charge in [-0.15, -0.1) is 0 Å². The molecular formula is C30H39N3O5. The summed E-state index contributed by atoms with van der Waals surface area (Å²) in [6, 6.07) is 8.90. The Morgan fingerprint density at radius 2 is 1.89 bits per heavy atom. The molecule has 4 rings (SSSR count). The molecule has 0 bridgehead atoms. The fraction of sp³-hybridized carbons (Fsp3) is 0.533. The number of rotatable bonds is 7. The van der Waals surface area contributed by atoms with Crippen molar-refractivity contribution in [3.05, 3.63) is 53.2 Å². The van der Waals surface area contributed by atoms with Crippen LogP contribution < -0.4 is 9.47 Å². The zero-order valence-electron chi connectivity index (χ0n) is 22.9. The number of hydrogen-bond acceptors (Lipinski definition) is 7. The second-order valence-electron chi connectivity index (χ2n) is 10.5. The number of ether oxygens (including phenoxy) is 3. The molecular weight excluding hydrogens is 482 g/mol. The number of aliphatic hydroxyl groups excluding tert-OH is 1. The van der Waals surface area contributed by atoms with Crippen molar-refractivity contribution >= 4 is 5.91 Å². The van der Waals surface area contributed by atoms with E-state index in [2.05, 4.69) is 35.7 Å². The van der Waals surface area contributed by atoms with Gasteiger partial charge in [0, 0.05) is 56.1 Å². The van der Waals surface area contributed by atoms with Crippen LogP contribution in [0.15, 0.2) is 36.5 Å². The molecule has 2 aromatic rings. The van der Waals surface area contributed by atoms with E-state index in [0.29, 0.717) is 36.0 Å². The van der Waals surface area contributed by atoms with Crippen LogP contribution >= 0.6 is 0 Å². The minimum Gasteiger partial charge on any atom is -0.497 e. The van der Waals surface area contributed by atoms with Gasteiger partial charge < -0.3 is 29.1 Å². The van der Waals surface area contributed by atoms with Crippen LogP contribution in [0, 0.1) is 23.7 Å². The summed E-state index contributed by atoms with van der Waals surface area (Å²) in [5, 5.41) is 9.91. The van der Waals surface area contributed by atoms with Gasteiger partial charge in [0.2, 0.25) is 5.88 Å². The van der Waals surface area contributed by atoms with Crippen LogP contribution in [0.5, 0.6) is 11.6 Å². The van der Waals surface area contributed by atoms with Crippen LogP contribution in [-0.2, 0) is 4.74 Å². The van der Waals surface area contributed by atoms with Crippen LogP contribution in [0.1, 0.15) is 48.2 Å². The normalized spacial score (nSPS) is 21.0. The number of fused-ring (bicyclic) bond motifs is 1. The monoisotopic (exact) mass is 521 g/mol. The number of nitrogens with zero attached hydrogens (tertiary/aromatic N) is 3. The average Bonchev–Trinajstić information content (AvgIpc) is 2.94. The van der Waals surface area contributed by atoms with Crippen molar-refractivity contribution in [2.24, 2.45) is 11.8 Å². The van der Waals surface area contributed by atoms with Gasteiger partial charge in [0.1, 0.15) is 17.4 Å². The first-order valence-corrected chi connectivity index (χ1v) is 13.4. The summed E-state index contributed by atoms with van der Waals surface area (Å²) in [6.45, 7) is 7.67. The predicted molar refractivity (Wildman–Crippen MR) is 145 cm³/mol.